The number of thiocarbonyl (C=S) groups is 1. The Morgan fingerprint density at radius 1 is 1.56 bits per heavy atom. The summed E-state index contributed by atoms with van der Waals surface area (Å²) in [6.45, 7) is 6.19. The molecule has 1 aliphatic rings. The molecule has 1 amide bonds. The molecular weight excluding hydrogens is 220 g/mol. The minimum absolute atomic E-state index is 0.0268. The van der Waals surface area contributed by atoms with E-state index >= 15 is 0 Å². The molecular formula is C12H22N2OS. The number of carbonyl (C=O) groups excluding carboxylic acids is 1. The second-order valence-corrected chi connectivity index (χ2v) is 5.32. The van der Waals surface area contributed by atoms with Crippen molar-refractivity contribution >= 4 is 23.1 Å². The average Bonchev–Trinajstić information content (AvgIpc) is 2.58. The minimum Gasteiger partial charge on any atom is -0.393 e. The Morgan fingerprint density at radius 2 is 2.19 bits per heavy atom. The van der Waals surface area contributed by atoms with Gasteiger partial charge in [-0.05, 0) is 31.6 Å². The molecule has 0 spiro atoms. The van der Waals surface area contributed by atoms with Crippen LogP contribution in [-0.2, 0) is 4.79 Å². The van der Waals surface area contributed by atoms with E-state index < -0.39 is 0 Å². The predicted octanol–water partition coefficient (Wildman–Crippen LogP) is 1.85. The van der Waals surface area contributed by atoms with Gasteiger partial charge in [0.2, 0.25) is 5.91 Å². The van der Waals surface area contributed by atoms with E-state index in [1.165, 1.54) is 12.8 Å². The fourth-order valence-corrected chi connectivity index (χ4v) is 2.57. The van der Waals surface area contributed by atoms with Crippen molar-refractivity contribution in [3.63, 3.8) is 0 Å². The van der Waals surface area contributed by atoms with Gasteiger partial charge in [0.25, 0.3) is 0 Å². The van der Waals surface area contributed by atoms with Crippen molar-refractivity contribution in [3.8, 4) is 0 Å². The highest BCUT2D eigenvalue weighted by molar-refractivity contribution is 7.80. The molecule has 1 fully saturated rings. The molecule has 1 saturated carbocycles. The average molecular weight is 242 g/mol. The monoisotopic (exact) mass is 242 g/mol. The number of nitrogens with two attached hydrogens (primary N) is 1. The first-order valence-corrected chi connectivity index (χ1v) is 6.47. The van der Waals surface area contributed by atoms with Crippen LogP contribution >= 0.6 is 12.2 Å². The Morgan fingerprint density at radius 3 is 2.62 bits per heavy atom. The maximum absolute atomic E-state index is 11.8. The molecule has 0 aromatic heterocycles. The van der Waals surface area contributed by atoms with Gasteiger partial charge in [0, 0.05) is 6.04 Å². The molecule has 0 saturated heterocycles. The number of rotatable bonds is 4. The molecule has 3 N–H and O–H groups in total. The third kappa shape index (κ3) is 2.94. The summed E-state index contributed by atoms with van der Waals surface area (Å²) in [6, 6.07) is 0.300. The van der Waals surface area contributed by atoms with Crippen molar-refractivity contribution in [2.45, 2.75) is 46.1 Å². The lowest BCUT2D eigenvalue weighted by Crippen LogP contribution is -2.43. The quantitative estimate of drug-likeness (QED) is 0.740. The normalized spacial score (nSPS) is 31.1. The number of hydrogen-bond donors (Lipinski definition) is 2. The molecule has 4 unspecified atom stereocenters. The van der Waals surface area contributed by atoms with E-state index in [0.717, 1.165) is 12.3 Å². The van der Waals surface area contributed by atoms with Gasteiger partial charge in [0.15, 0.2) is 0 Å². The third-order valence-corrected chi connectivity index (χ3v) is 4.25. The van der Waals surface area contributed by atoms with Crippen LogP contribution < -0.4 is 11.1 Å². The van der Waals surface area contributed by atoms with Crippen molar-refractivity contribution in [1.29, 1.82) is 0 Å². The Labute approximate surface area is 103 Å². The smallest absolute Gasteiger partial charge is 0.229 e. The van der Waals surface area contributed by atoms with Gasteiger partial charge in [-0.3, -0.25) is 4.79 Å². The van der Waals surface area contributed by atoms with Crippen LogP contribution in [0.4, 0.5) is 0 Å². The summed E-state index contributed by atoms with van der Waals surface area (Å²) in [5, 5.41) is 3.07. The third-order valence-electron chi connectivity index (χ3n) is 3.90. The molecule has 92 valence electrons. The van der Waals surface area contributed by atoms with E-state index in [0.29, 0.717) is 12.0 Å². The molecule has 16 heavy (non-hydrogen) atoms. The van der Waals surface area contributed by atoms with Crippen LogP contribution in [0.5, 0.6) is 0 Å². The van der Waals surface area contributed by atoms with E-state index in [1.54, 1.807) is 6.92 Å². The number of hydrogen-bond acceptors (Lipinski definition) is 2. The summed E-state index contributed by atoms with van der Waals surface area (Å²) in [5.74, 6) is 0.918. The lowest BCUT2D eigenvalue weighted by molar-refractivity contribution is -0.123. The SMILES string of the molecule is CCC1CCC(NC(=O)C(C)C(N)=S)C1C. The van der Waals surface area contributed by atoms with Crippen molar-refractivity contribution in [2.75, 3.05) is 0 Å². The maximum atomic E-state index is 11.8. The summed E-state index contributed by atoms with van der Waals surface area (Å²) in [6.07, 6.45) is 3.48. The second-order valence-electron chi connectivity index (χ2n) is 4.84. The van der Waals surface area contributed by atoms with Crippen LogP contribution in [0.3, 0.4) is 0 Å². The molecule has 0 bridgehead atoms. The van der Waals surface area contributed by atoms with Gasteiger partial charge in [0.1, 0.15) is 0 Å². The van der Waals surface area contributed by atoms with Gasteiger partial charge >= 0.3 is 0 Å². The first kappa shape index (κ1) is 13.4. The Balaban J connectivity index is 2.50. The largest absolute Gasteiger partial charge is 0.393 e. The molecule has 4 heteroatoms. The van der Waals surface area contributed by atoms with Crippen LogP contribution in [-0.4, -0.2) is 16.9 Å². The Bertz CT molecular complexity index is 280. The molecule has 4 atom stereocenters. The second kappa shape index (κ2) is 5.62. The van der Waals surface area contributed by atoms with E-state index in [4.69, 9.17) is 18.0 Å². The zero-order valence-corrected chi connectivity index (χ0v) is 11.1. The van der Waals surface area contributed by atoms with E-state index in [1.807, 2.05) is 0 Å². The molecule has 1 rings (SSSR count). The highest BCUT2D eigenvalue weighted by atomic mass is 32.1. The predicted molar refractivity (Wildman–Crippen MR) is 70.1 cm³/mol. The van der Waals surface area contributed by atoms with Crippen molar-refractivity contribution in [1.82, 2.24) is 5.32 Å². The summed E-state index contributed by atoms with van der Waals surface area (Å²) in [4.78, 5) is 12.1. The van der Waals surface area contributed by atoms with Crippen LogP contribution in [0, 0.1) is 17.8 Å². The van der Waals surface area contributed by atoms with Crippen LogP contribution in [0.25, 0.3) is 0 Å². The van der Waals surface area contributed by atoms with Gasteiger partial charge in [-0.25, -0.2) is 0 Å². The van der Waals surface area contributed by atoms with Crippen LogP contribution in [0.15, 0.2) is 0 Å². The number of carbonyl (C=O) groups is 1. The first-order chi connectivity index (χ1) is 7.47. The minimum atomic E-state index is -0.358. The highest BCUT2D eigenvalue weighted by Crippen LogP contribution is 2.33. The molecule has 0 aromatic rings. The lowest BCUT2D eigenvalue weighted by Gasteiger charge is -2.22. The molecule has 0 aliphatic heterocycles. The topological polar surface area (TPSA) is 55.1 Å². The fraction of sp³-hybridized carbons (Fsp3) is 0.833. The Hall–Kier alpha value is -0.640. The van der Waals surface area contributed by atoms with Crippen LogP contribution in [0.1, 0.15) is 40.0 Å². The van der Waals surface area contributed by atoms with Crippen molar-refractivity contribution in [3.05, 3.63) is 0 Å². The fourth-order valence-electron chi connectivity index (χ4n) is 2.46. The molecule has 0 radical (unpaired) electrons. The molecule has 3 nitrogen and oxygen atoms in total. The first-order valence-electron chi connectivity index (χ1n) is 6.07. The maximum Gasteiger partial charge on any atom is 0.229 e. The Kier molecular flexibility index (Phi) is 4.71. The van der Waals surface area contributed by atoms with Gasteiger partial charge < -0.3 is 11.1 Å². The zero-order chi connectivity index (χ0) is 12.3. The standard InChI is InChI=1S/C12H22N2OS/c1-4-9-5-6-10(7(9)2)14-12(15)8(3)11(13)16/h7-10H,4-6H2,1-3H3,(H2,13,16)(H,14,15). The molecule has 1 aliphatic carbocycles. The lowest BCUT2D eigenvalue weighted by atomic mass is 9.93. The molecule has 0 heterocycles. The van der Waals surface area contributed by atoms with E-state index in [9.17, 15) is 4.79 Å². The zero-order valence-electron chi connectivity index (χ0n) is 10.3. The summed E-state index contributed by atoms with van der Waals surface area (Å²) < 4.78 is 0. The van der Waals surface area contributed by atoms with Gasteiger partial charge in [-0.2, -0.15) is 0 Å². The van der Waals surface area contributed by atoms with Gasteiger partial charge in [-0.1, -0.05) is 32.5 Å². The summed E-state index contributed by atoms with van der Waals surface area (Å²) in [7, 11) is 0. The highest BCUT2D eigenvalue weighted by Gasteiger charge is 2.33. The van der Waals surface area contributed by atoms with Crippen LogP contribution in [0.2, 0.25) is 0 Å². The van der Waals surface area contributed by atoms with Crippen molar-refractivity contribution < 1.29 is 4.79 Å². The van der Waals surface area contributed by atoms with E-state index in [-0.39, 0.29) is 16.8 Å². The summed E-state index contributed by atoms with van der Waals surface area (Å²) >= 11 is 4.83. The molecule has 0 aromatic carbocycles. The summed E-state index contributed by atoms with van der Waals surface area (Å²) in [5.41, 5.74) is 5.47. The van der Waals surface area contributed by atoms with Gasteiger partial charge in [0.05, 0.1) is 10.9 Å². The number of nitrogens with one attached hydrogen (secondary N) is 1. The number of amides is 1. The van der Waals surface area contributed by atoms with Crippen molar-refractivity contribution in [2.24, 2.45) is 23.5 Å². The van der Waals surface area contributed by atoms with E-state index in [2.05, 4.69) is 19.2 Å². The van der Waals surface area contributed by atoms with Gasteiger partial charge in [-0.15, -0.1) is 0 Å².